The molecule has 6 heteroatoms. The number of nitrogens with zero attached hydrogens (tertiary/aromatic N) is 4. The molecule has 3 N–H and O–H groups in total. The summed E-state index contributed by atoms with van der Waals surface area (Å²) in [6.07, 6.45) is 2.80. The molecule has 0 radical (unpaired) electrons. The zero-order chi connectivity index (χ0) is 12.3. The van der Waals surface area contributed by atoms with Gasteiger partial charge in [-0.05, 0) is 18.8 Å². The Balaban J connectivity index is 2.12. The fraction of sp³-hybridized carbons (Fsp3) is 0.545. The zero-order valence-corrected chi connectivity index (χ0v) is 9.48. The summed E-state index contributed by atoms with van der Waals surface area (Å²) >= 11 is 0. The Labute approximate surface area is 99.6 Å². The van der Waals surface area contributed by atoms with Crippen molar-refractivity contribution in [3.8, 4) is 12.1 Å². The third-order valence-corrected chi connectivity index (χ3v) is 2.79. The molecular formula is C11H14N6. The molecular weight excluding hydrogens is 216 g/mol. The van der Waals surface area contributed by atoms with Crippen molar-refractivity contribution in [2.75, 3.05) is 17.6 Å². The van der Waals surface area contributed by atoms with Crippen molar-refractivity contribution < 1.29 is 0 Å². The van der Waals surface area contributed by atoms with Crippen LogP contribution in [0.15, 0.2) is 0 Å². The summed E-state index contributed by atoms with van der Waals surface area (Å²) in [5, 5.41) is 24.9. The highest BCUT2D eigenvalue weighted by atomic mass is 15.3. The summed E-state index contributed by atoms with van der Waals surface area (Å²) in [4.78, 5) is 0. The molecule has 2 rings (SSSR count). The van der Waals surface area contributed by atoms with E-state index >= 15 is 0 Å². The number of nitriles is 2. The third-order valence-electron chi connectivity index (χ3n) is 2.79. The van der Waals surface area contributed by atoms with Crippen molar-refractivity contribution in [1.29, 1.82) is 10.5 Å². The number of hydrogen-bond donors (Lipinski definition) is 2. The topological polar surface area (TPSA) is 103 Å². The van der Waals surface area contributed by atoms with Crippen molar-refractivity contribution in [1.82, 2.24) is 9.78 Å². The summed E-state index contributed by atoms with van der Waals surface area (Å²) in [7, 11) is 0. The van der Waals surface area contributed by atoms with E-state index in [2.05, 4.69) is 16.5 Å². The van der Waals surface area contributed by atoms with Gasteiger partial charge in [0.05, 0.1) is 19.0 Å². The molecule has 1 heterocycles. The Kier molecular flexibility index (Phi) is 3.15. The molecule has 1 aliphatic carbocycles. The number of aromatic nitrogens is 2. The highest BCUT2D eigenvalue weighted by Gasteiger charge is 2.22. The highest BCUT2D eigenvalue weighted by molar-refractivity contribution is 5.63. The SMILES string of the molecule is N#CCCn1nc(NCC2CC2)c(C#N)c1N. The molecule has 0 aromatic carbocycles. The fourth-order valence-electron chi connectivity index (χ4n) is 1.60. The number of aryl methyl sites for hydroxylation is 1. The molecule has 88 valence electrons. The molecule has 1 fully saturated rings. The number of rotatable bonds is 5. The third kappa shape index (κ3) is 2.48. The quantitative estimate of drug-likeness (QED) is 0.787. The van der Waals surface area contributed by atoms with Crippen LogP contribution in [-0.4, -0.2) is 16.3 Å². The van der Waals surface area contributed by atoms with Gasteiger partial charge in [-0.2, -0.15) is 15.6 Å². The molecule has 0 atom stereocenters. The molecule has 0 amide bonds. The lowest BCUT2D eigenvalue weighted by atomic mass is 10.3. The highest BCUT2D eigenvalue weighted by Crippen LogP contribution is 2.30. The van der Waals surface area contributed by atoms with E-state index in [1.165, 1.54) is 17.5 Å². The van der Waals surface area contributed by atoms with E-state index in [4.69, 9.17) is 16.3 Å². The van der Waals surface area contributed by atoms with E-state index in [1.54, 1.807) is 0 Å². The summed E-state index contributed by atoms with van der Waals surface area (Å²) < 4.78 is 1.51. The van der Waals surface area contributed by atoms with Crippen LogP contribution in [0.25, 0.3) is 0 Å². The molecule has 1 aromatic heterocycles. The number of nitrogens with two attached hydrogens (primary N) is 1. The Hall–Kier alpha value is -2.21. The molecule has 6 nitrogen and oxygen atoms in total. The molecule has 0 bridgehead atoms. The van der Waals surface area contributed by atoms with Crippen molar-refractivity contribution >= 4 is 11.6 Å². The van der Waals surface area contributed by atoms with Gasteiger partial charge in [-0.1, -0.05) is 0 Å². The molecule has 1 aromatic rings. The smallest absolute Gasteiger partial charge is 0.168 e. The van der Waals surface area contributed by atoms with Crippen LogP contribution in [0.3, 0.4) is 0 Å². The summed E-state index contributed by atoms with van der Waals surface area (Å²) in [6.45, 7) is 1.26. The molecule has 1 aliphatic rings. The lowest BCUT2D eigenvalue weighted by molar-refractivity contribution is 0.637. The number of hydrogen-bond acceptors (Lipinski definition) is 5. The fourth-order valence-corrected chi connectivity index (χ4v) is 1.60. The molecule has 0 saturated heterocycles. The van der Waals surface area contributed by atoms with Crippen LogP contribution in [0.1, 0.15) is 24.8 Å². The van der Waals surface area contributed by atoms with Gasteiger partial charge in [0, 0.05) is 6.54 Å². The first-order chi connectivity index (χ1) is 8.26. The van der Waals surface area contributed by atoms with Gasteiger partial charge >= 0.3 is 0 Å². The minimum Gasteiger partial charge on any atom is -0.383 e. The van der Waals surface area contributed by atoms with Gasteiger partial charge in [0.25, 0.3) is 0 Å². The van der Waals surface area contributed by atoms with Gasteiger partial charge in [0.15, 0.2) is 5.82 Å². The summed E-state index contributed by atoms with van der Waals surface area (Å²) in [5.74, 6) is 1.57. The van der Waals surface area contributed by atoms with Crippen molar-refractivity contribution in [2.24, 2.45) is 5.92 Å². The first-order valence-electron chi connectivity index (χ1n) is 5.63. The van der Waals surface area contributed by atoms with Crippen LogP contribution in [0, 0.1) is 28.6 Å². The number of nitrogen functional groups attached to an aromatic ring is 1. The average Bonchev–Trinajstić information content (AvgIpc) is 3.10. The van der Waals surface area contributed by atoms with E-state index in [-0.39, 0.29) is 0 Å². The summed E-state index contributed by atoms with van der Waals surface area (Å²) in [5.41, 5.74) is 6.18. The standard InChI is InChI=1S/C11H14N6/c12-4-1-5-17-10(14)9(6-13)11(16-17)15-7-8-2-3-8/h8H,1-3,5,7,14H2,(H,15,16). The van der Waals surface area contributed by atoms with E-state index in [0.29, 0.717) is 36.1 Å². The largest absolute Gasteiger partial charge is 0.383 e. The average molecular weight is 230 g/mol. The maximum atomic E-state index is 9.03. The zero-order valence-electron chi connectivity index (χ0n) is 9.48. The molecule has 1 saturated carbocycles. The Morgan fingerprint density at radius 2 is 2.24 bits per heavy atom. The first-order valence-corrected chi connectivity index (χ1v) is 5.63. The van der Waals surface area contributed by atoms with Crippen LogP contribution in [0.4, 0.5) is 11.6 Å². The van der Waals surface area contributed by atoms with Crippen LogP contribution in [0.2, 0.25) is 0 Å². The Morgan fingerprint density at radius 3 is 2.82 bits per heavy atom. The van der Waals surface area contributed by atoms with Crippen LogP contribution >= 0.6 is 0 Å². The second kappa shape index (κ2) is 4.75. The van der Waals surface area contributed by atoms with Crippen LogP contribution in [-0.2, 0) is 6.54 Å². The van der Waals surface area contributed by atoms with Crippen molar-refractivity contribution in [3.05, 3.63) is 5.56 Å². The van der Waals surface area contributed by atoms with Crippen LogP contribution < -0.4 is 11.1 Å². The Morgan fingerprint density at radius 1 is 1.47 bits per heavy atom. The number of nitrogens with one attached hydrogen (secondary N) is 1. The summed E-state index contributed by atoms with van der Waals surface area (Å²) in [6, 6.07) is 4.08. The maximum Gasteiger partial charge on any atom is 0.168 e. The minimum atomic E-state index is 0.332. The second-order valence-electron chi connectivity index (χ2n) is 4.18. The molecule has 0 aliphatic heterocycles. The van der Waals surface area contributed by atoms with Gasteiger partial charge in [0.1, 0.15) is 17.5 Å². The van der Waals surface area contributed by atoms with E-state index in [0.717, 1.165) is 6.54 Å². The van der Waals surface area contributed by atoms with Gasteiger partial charge < -0.3 is 11.1 Å². The van der Waals surface area contributed by atoms with Gasteiger partial charge in [-0.15, -0.1) is 0 Å². The Bertz CT molecular complexity index is 485. The van der Waals surface area contributed by atoms with E-state index < -0.39 is 0 Å². The monoisotopic (exact) mass is 230 g/mol. The van der Waals surface area contributed by atoms with Gasteiger partial charge in [-0.25, -0.2) is 4.68 Å². The van der Waals surface area contributed by atoms with Crippen molar-refractivity contribution in [2.45, 2.75) is 25.8 Å². The normalized spacial score (nSPS) is 14.0. The van der Waals surface area contributed by atoms with Gasteiger partial charge in [-0.3, -0.25) is 0 Å². The minimum absolute atomic E-state index is 0.332. The second-order valence-corrected chi connectivity index (χ2v) is 4.18. The first kappa shape index (κ1) is 11.3. The van der Waals surface area contributed by atoms with E-state index in [9.17, 15) is 0 Å². The van der Waals surface area contributed by atoms with Gasteiger partial charge in [0.2, 0.25) is 0 Å². The molecule has 0 unspecified atom stereocenters. The molecule has 0 spiro atoms. The lowest BCUT2D eigenvalue weighted by Gasteiger charge is -2.00. The lowest BCUT2D eigenvalue weighted by Crippen LogP contribution is -2.06. The maximum absolute atomic E-state index is 9.03. The molecule has 17 heavy (non-hydrogen) atoms. The number of anilines is 2. The van der Waals surface area contributed by atoms with E-state index in [1.807, 2.05) is 6.07 Å². The van der Waals surface area contributed by atoms with Crippen molar-refractivity contribution in [3.63, 3.8) is 0 Å². The van der Waals surface area contributed by atoms with Crippen LogP contribution in [0.5, 0.6) is 0 Å². The predicted octanol–water partition coefficient (Wildman–Crippen LogP) is 1.07. The predicted molar refractivity (Wildman–Crippen MR) is 62.8 cm³/mol.